The number of rotatable bonds is 11. The molecule has 10 heteroatoms. The SMILES string of the molecule is C=C(C)C(=O)Oc1ccc(/C=C/C(=O)Oc2ccc(OC(=O)C(=C)C)c(OC(=O)C(=C)C)c2)cc1OC(=O)C(=C)C. The van der Waals surface area contributed by atoms with E-state index in [0.717, 1.165) is 6.08 Å². The van der Waals surface area contributed by atoms with Crippen molar-refractivity contribution in [2.24, 2.45) is 0 Å². The second kappa shape index (κ2) is 14.0. The predicted molar refractivity (Wildman–Crippen MR) is 149 cm³/mol. The van der Waals surface area contributed by atoms with Crippen molar-refractivity contribution in [2.75, 3.05) is 0 Å². The van der Waals surface area contributed by atoms with Crippen LogP contribution in [-0.2, 0) is 24.0 Å². The highest BCUT2D eigenvalue weighted by Crippen LogP contribution is 2.33. The maximum absolute atomic E-state index is 12.5. The Bertz CT molecular complexity index is 1510. The van der Waals surface area contributed by atoms with E-state index in [-0.39, 0.29) is 51.0 Å². The van der Waals surface area contributed by atoms with Gasteiger partial charge in [0.1, 0.15) is 5.75 Å². The Morgan fingerprint density at radius 3 is 1.37 bits per heavy atom. The normalized spacial score (nSPS) is 10.2. The van der Waals surface area contributed by atoms with E-state index in [2.05, 4.69) is 26.3 Å². The zero-order chi connectivity index (χ0) is 30.9. The minimum absolute atomic E-state index is 0.0302. The number of ether oxygens (including phenoxy) is 5. The molecule has 2 rings (SSSR count). The Morgan fingerprint density at radius 1 is 0.537 bits per heavy atom. The third-order valence-corrected chi connectivity index (χ3v) is 4.72. The first-order valence-corrected chi connectivity index (χ1v) is 11.9. The zero-order valence-corrected chi connectivity index (χ0v) is 23.0. The first-order valence-electron chi connectivity index (χ1n) is 11.9. The van der Waals surface area contributed by atoms with Gasteiger partial charge in [-0.25, -0.2) is 24.0 Å². The molecule has 10 nitrogen and oxygen atoms in total. The van der Waals surface area contributed by atoms with Gasteiger partial charge >= 0.3 is 29.8 Å². The minimum atomic E-state index is -0.827. The molecule has 0 N–H and O–H groups in total. The lowest BCUT2D eigenvalue weighted by molar-refractivity contribution is -0.132. The van der Waals surface area contributed by atoms with Crippen LogP contribution >= 0.6 is 0 Å². The van der Waals surface area contributed by atoms with Gasteiger partial charge in [-0.3, -0.25) is 0 Å². The molecule has 0 fully saturated rings. The molecule has 0 aliphatic heterocycles. The quantitative estimate of drug-likeness (QED) is 0.204. The first-order chi connectivity index (χ1) is 19.2. The highest BCUT2D eigenvalue weighted by atomic mass is 16.6. The van der Waals surface area contributed by atoms with Crippen molar-refractivity contribution in [2.45, 2.75) is 27.7 Å². The summed E-state index contributed by atoms with van der Waals surface area (Å²) < 4.78 is 26.1. The van der Waals surface area contributed by atoms with Gasteiger partial charge in [-0.05, 0) is 63.6 Å². The fourth-order valence-electron chi connectivity index (χ4n) is 2.57. The highest BCUT2D eigenvalue weighted by molar-refractivity contribution is 5.93. The number of carbonyl (C=O) groups excluding carboxylic acids is 5. The Balaban J connectivity index is 2.29. The lowest BCUT2D eigenvalue weighted by Gasteiger charge is -2.12. The van der Waals surface area contributed by atoms with Gasteiger partial charge in [-0.1, -0.05) is 32.4 Å². The molecule has 0 saturated carbocycles. The van der Waals surface area contributed by atoms with Crippen LogP contribution in [0.2, 0.25) is 0 Å². The molecule has 212 valence electrons. The van der Waals surface area contributed by atoms with Crippen LogP contribution in [0, 0.1) is 0 Å². The van der Waals surface area contributed by atoms with Crippen molar-refractivity contribution in [3.63, 3.8) is 0 Å². The molecule has 0 aliphatic carbocycles. The summed E-state index contributed by atoms with van der Waals surface area (Å²) in [5.41, 5.74) is 0.831. The van der Waals surface area contributed by atoms with Crippen LogP contribution in [0.3, 0.4) is 0 Å². The summed E-state index contributed by atoms with van der Waals surface area (Å²) in [5.74, 6) is -4.30. The van der Waals surface area contributed by atoms with Crippen LogP contribution in [0.5, 0.6) is 28.7 Å². The standard InChI is InChI=1S/C31H28O10/c1-17(2)28(33)38-23-12-9-21(15-25(23)40-30(35)19(5)6)10-14-27(32)37-22-11-13-24(39-29(34)18(3)4)26(16-22)41-31(36)20(7)8/h9-16H,1,3,5,7H2,2,4,6,8H3/b14-10+. The number of hydrogen-bond acceptors (Lipinski definition) is 10. The average Bonchev–Trinajstić information content (AvgIpc) is 2.89. The van der Waals surface area contributed by atoms with Crippen LogP contribution < -0.4 is 23.7 Å². The van der Waals surface area contributed by atoms with Gasteiger partial charge in [0, 0.05) is 34.4 Å². The van der Waals surface area contributed by atoms with Crippen molar-refractivity contribution in [3.8, 4) is 28.7 Å². The number of hydrogen-bond donors (Lipinski definition) is 0. The molecule has 2 aromatic rings. The monoisotopic (exact) mass is 560 g/mol. The predicted octanol–water partition coefficient (Wildman–Crippen LogP) is 5.23. The van der Waals surface area contributed by atoms with E-state index in [1.165, 1.54) is 70.2 Å². The molecule has 0 radical (unpaired) electrons. The molecule has 0 atom stereocenters. The summed E-state index contributed by atoms with van der Waals surface area (Å²) >= 11 is 0. The molecule has 0 unspecified atom stereocenters. The van der Waals surface area contributed by atoms with Gasteiger partial charge in [0.2, 0.25) is 0 Å². The van der Waals surface area contributed by atoms with Gasteiger partial charge in [-0.15, -0.1) is 0 Å². The molecule has 0 spiro atoms. The number of esters is 5. The van der Waals surface area contributed by atoms with Crippen LogP contribution in [0.4, 0.5) is 0 Å². The Kier molecular flexibility index (Phi) is 10.9. The lowest BCUT2D eigenvalue weighted by Crippen LogP contribution is -2.13. The van der Waals surface area contributed by atoms with Gasteiger partial charge in [0.05, 0.1) is 0 Å². The van der Waals surface area contributed by atoms with Crippen molar-refractivity contribution in [1.29, 1.82) is 0 Å². The maximum atomic E-state index is 12.5. The highest BCUT2D eigenvalue weighted by Gasteiger charge is 2.18. The largest absolute Gasteiger partial charge is 0.423 e. The molecule has 0 heterocycles. The van der Waals surface area contributed by atoms with Crippen molar-refractivity contribution < 1.29 is 47.7 Å². The Morgan fingerprint density at radius 2 is 0.927 bits per heavy atom. The molecule has 0 aliphatic rings. The molecular weight excluding hydrogens is 532 g/mol. The topological polar surface area (TPSA) is 132 Å². The van der Waals surface area contributed by atoms with Gasteiger partial charge in [-0.2, -0.15) is 0 Å². The second-order valence-electron chi connectivity index (χ2n) is 8.75. The fraction of sp³-hybridized carbons (Fsp3) is 0.129. The molecule has 41 heavy (non-hydrogen) atoms. The van der Waals surface area contributed by atoms with E-state index in [9.17, 15) is 24.0 Å². The molecule has 0 saturated heterocycles. The molecule has 0 amide bonds. The third-order valence-electron chi connectivity index (χ3n) is 4.72. The van der Waals surface area contributed by atoms with E-state index in [1.54, 1.807) is 0 Å². The fourth-order valence-corrected chi connectivity index (χ4v) is 2.57. The molecule has 0 bridgehead atoms. The second-order valence-corrected chi connectivity index (χ2v) is 8.75. The van der Waals surface area contributed by atoms with Crippen molar-refractivity contribution in [1.82, 2.24) is 0 Å². The summed E-state index contributed by atoms with van der Waals surface area (Å²) in [4.78, 5) is 60.6. The summed E-state index contributed by atoms with van der Waals surface area (Å²) in [6.07, 6.45) is 2.43. The van der Waals surface area contributed by atoms with Crippen LogP contribution in [0.25, 0.3) is 6.08 Å². The molecular formula is C31H28O10. The van der Waals surface area contributed by atoms with E-state index in [4.69, 9.17) is 23.7 Å². The lowest BCUT2D eigenvalue weighted by atomic mass is 10.2. The van der Waals surface area contributed by atoms with Gasteiger partial charge in [0.25, 0.3) is 0 Å². The van der Waals surface area contributed by atoms with Crippen molar-refractivity contribution in [3.05, 3.63) is 96.6 Å². The molecule has 0 aromatic heterocycles. The van der Waals surface area contributed by atoms with Crippen LogP contribution in [-0.4, -0.2) is 29.8 Å². The number of carbonyl (C=O) groups is 5. The summed E-state index contributed by atoms with van der Waals surface area (Å²) in [6, 6.07) is 8.04. The smallest absolute Gasteiger partial charge is 0.338 e. The maximum Gasteiger partial charge on any atom is 0.338 e. The van der Waals surface area contributed by atoms with Gasteiger partial charge in [0.15, 0.2) is 23.0 Å². The van der Waals surface area contributed by atoms with Crippen LogP contribution in [0.15, 0.2) is 91.1 Å². The summed E-state index contributed by atoms with van der Waals surface area (Å²) in [7, 11) is 0. The van der Waals surface area contributed by atoms with E-state index < -0.39 is 29.8 Å². The van der Waals surface area contributed by atoms with Crippen molar-refractivity contribution >= 4 is 35.9 Å². The van der Waals surface area contributed by atoms with E-state index in [1.807, 2.05) is 0 Å². The van der Waals surface area contributed by atoms with Crippen LogP contribution in [0.1, 0.15) is 33.3 Å². The molecule has 2 aromatic carbocycles. The first kappa shape index (κ1) is 31.7. The van der Waals surface area contributed by atoms with Gasteiger partial charge < -0.3 is 23.7 Å². The summed E-state index contributed by atoms with van der Waals surface area (Å²) in [6.45, 7) is 19.8. The third kappa shape index (κ3) is 9.63. The minimum Gasteiger partial charge on any atom is -0.423 e. The average molecular weight is 561 g/mol. The Labute approximate surface area is 236 Å². The summed E-state index contributed by atoms with van der Waals surface area (Å²) in [5, 5.41) is 0. The van der Waals surface area contributed by atoms with E-state index >= 15 is 0 Å². The zero-order valence-electron chi connectivity index (χ0n) is 23.0. The number of benzene rings is 2. The Hall–Kier alpha value is -5.51. The van der Waals surface area contributed by atoms with E-state index in [0.29, 0.717) is 5.56 Å².